The Kier molecular flexibility index (Phi) is 4.17. The van der Waals surface area contributed by atoms with E-state index in [1.165, 1.54) is 17.1 Å². The summed E-state index contributed by atoms with van der Waals surface area (Å²) in [6.07, 6.45) is 2.19. The number of nitrogens with zero attached hydrogens (tertiary/aromatic N) is 1. The predicted octanol–water partition coefficient (Wildman–Crippen LogP) is 2.35. The average molecular weight is 282 g/mol. The van der Waals surface area contributed by atoms with Gasteiger partial charge in [-0.15, -0.1) is 11.3 Å². The molecule has 0 aromatic carbocycles. The van der Waals surface area contributed by atoms with Crippen molar-refractivity contribution in [3.05, 3.63) is 45.2 Å². The van der Waals surface area contributed by atoms with Crippen LogP contribution in [0, 0.1) is 0 Å². The summed E-state index contributed by atoms with van der Waals surface area (Å²) >= 11 is 7.56. The Morgan fingerprint density at radius 1 is 1.56 bits per heavy atom. The molecule has 0 fully saturated rings. The number of hydrogen-bond donors (Lipinski definition) is 2. The number of nitrogen functional groups attached to an aromatic ring is 1. The fraction of sp³-hybridized carbons (Fsp3) is 0.167. The maximum Gasteiger partial charge on any atom is 0.253 e. The minimum absolute atomic E-state index is 0.231. The molecule has 0 aliphatic rings. The molecular formula is C12H12ClN3OS. The number of carbonyl (C=O) groups is 1. The number of pyridine rings is 1. The maximum atomic E-state index is 11.9. The van der Waals surface area contributed by atoms with Crippen LogP contribution in [0.5, 0.6) is 0 Å². The molecule has 0 spiro atoms. The minimum atomic E-state index is -0.231. The molecule has 3 N–H and O–H groups in total. The summed E-state index contributed by atoms with van der Waals surface area (Å²) in [4.78, 5) is 16.9. The van der Waals surface area contributed by atoms with Crippen LogP contribution in [0.2, 0.25) is 5.02 Å². The monoisotopic (exact) mass is 281 g/mol. The van der Waals surface area contributed by atoms with Crippen LogP contribution in [0.15, 0.2) is 29.8 Å². The largest absolute Gasteiger partial charge is 0.384 e. The number of halogens is 1. The van der Waals surface area contributed by atoms with E-state index in [-0.39, 0.29) is 11.7 Å². The first-order chi connectivity index (χ1) is 8.66. The lowest BCUT2D eigenvalue weighted by molar-refractivity contribution is 0.0954. The molecule has 2 aromatic heterocycles. The number of thiophene rings is 1. The molecule has 6 heteroatoms. The van der Waals surface area contributed by atoms with Crippen LogP contribution in [0.3, 0.4) is 0 Å². The molecule has 0 saturated heterocycles. The molecule has 0 radical (unpaired) electrons. The van der Waals surface area contributed by atoms with Crippen molar-refractivity contribution < 1.29 is 4.79 Å². The number of nitrogens with two attached hydrogens (primary N) is 1. The third-order valence-electron chi connectivity index (χ3n) is 2.36. The first kappa shape index (κ1) is 12.9. The van der Waals surface area contributed by atoms with Crippen molar-refractivity contribution in [3.8, 4) is 0 Å². The number of amides is 1. The summed E-state index contributed by atoms with van der Waals surface area (Å²) in [6, 6.07) is 5.50. The third-order valence-corrected chi connectivity index (χ3v) is 3.60. The molecule has 1 amide bonds. The fourth-order valence-corrected chi connectivity index (χ4v) is 2.38. The molecule has 0 aliphatic carbocycles. The Labute approximate surface area is 114 Å². The van der Waals surface area contributed by atoms with Gasteiger partial charge in [-0.05, 0) is 23.9 Å². The highest BCUT2D eigenvalue weighted by Gasteiger charge is 2.10. The van der Waals surface area contributed by atoms with E-state index in [2.05, 4.69) is 10.3 Å². The molecule has 94 valence electrons. The third kappa shape index (κ3) is 3.21. The molecule has 0 atom stereocenters. The zero-order valence-corrected chi connectivity index (χ0v) is 11.1. The quantitative estimate of drug-likeness (QED) is 0.904. The van der Waals surface area contributed by atoms with Gasteiger partial charge in [0.05, 0.1) is 10.6 Å². The van der Waals surface area contributed by atoms with Gasteiger partial charge in [-0.2, -0.15) is 0 Å². The second-order valence-electron chi connectivity index (χ2n) is 3.67. The highest BCUT2D eigenvalue weighted by molar-refractivity contribution is 7.09. The van der Waals surface area contributed by atoms with Gasteiger partial charge < -0.3 is 11.1 Å². The Morgan fingerprint density at radius 3 is 3.11 bits per heavy atom. The van der Waals surface area contributed by atoms with Crippen LogP contribution in [-0.4, -0.2) is 17.4 Å². The van der Waals surface area contributed by atoms with Gasteiger partial charge in [0.25, 0.3) is 5.91 Å². The molecular weight excluding hydrogens is 270 g/mol. The Bertz CT molecular complexity index is 542. The summed E-state index contributed by atoms with van der Waals surface area (Å²) in [6.45, 7) is 0.567. The zero-order valence-electron chi connectivity index (χ0n) is 9.52. The predicted molar refractivity (Wildman–Crippen MR) is 74.0 cm³/mol. The molecule has 0 unspecified atom stereocenters. The maximum absolute atomic E-state index is 11.9. The molecule has 2 rings (SSSR count). The summed E-state index contributed by atoms with van der Waals surface area (Å²) in [5.74, 6) is 0.0495. The lowest BCUT2D eigenvalue weighted by Gasteiger charge is -2.06. The van der Waals surface area contributed by atoms with Crippen molar-refractivity contribution in [1.29, 1.82) is 0 Å². The molecule has 4 nitrogen and oxygen atoms in total. The zero-order chi connectivity index (χ0) is 13.0. The number of carbonyl (C=O) groups excluding carboxylic acids is 1. The van der Waals surface area contributed by atoms with Gasteiger partial charge in [0.1, 0.15) is 5.82 Å². The van der Waals surface area contributed by atoms with Crippen LogP contribution in [0.25, 0.3) is 0 Å². The van der Waals surface area contributed by atoms with Gasteiger partial charge in [-0.3, -0.25) is 4.79 Å². The molecule has 2 aromatic rings. The first-order valence-electron chi connectivity index (χ1n) is 5.38. The van der Waals surface area contributed by atoms with E-state index in [0.29, 0.717) is 17.1 Å². The fourth-order valence-electron chi connectivity index (χ4n) is 1.48. The van der Waals surface area contributed by atoms with Gasteiger partial charge in [0.2, 0.25) is 0 Å². The number of hydrogen-bond acceptors (Lipinski definition) is 4. The van der Waals surface area contributed by atoms with Crippen molar-refractivity contribution >= 4 is 34.7 Å². The summed E-state index contributed by atoms with van der Waals surface area (Å²) < 4.78 is 0. The van der Waals surface area contributed by atoms with Crippen molar-refractivity contribution in [2.75, 3.05) is 12.3 Å². The van der Waals surface area contributed by atoms with E-state index >= 15 is 0 Å². The molecule has 2 heterocycles. The minimum Gasteiger partial charge on any atom is -0.384 e. The standard InChI is InChI=1S/C12H12ClN3OS/c13-10-7-16-11(14)6-9(10)12(17)15-4-3-8-2-1-5-18-8/h1-2,5-7H,3-4H2,(H2,14,16)(H,15,17). The van der Waals surface area contributed by atoms with Crippen molar-refractivity contribution in [3.63, 3.8) is 0 Å². The van der Waals surface area contributed by atoms with E-state index in [4.69, 9.17) is 17.3 Å². The van der Waals surface area contributed by atoms with Crippen molar-refractivity contribution in [2.24, 2.45) is 0 Å². The topological polar surface area (TPSA) is 68.0 Å². The number of nitrogens with one attached hydrogen (secondary N) is 1. The number of anilines is 1. The SMILES string of the molecule is Nc1cc(C(=O)NCCc2cccs2)c(Cl)cn1. The average Bonchev–Trinajstić information content (AvgIpc) is 2.85. The van der Waals surface area contributed by atoms with Gasteiger partial charge in [0, 0.05) is 17.6 Å². The van der Waals surface area contributed by atoms with E-state index in [9.17, 15) is 4.79 Å². The smallest absolute Gasteiger partial charge is 0.253 e. The van der Waals surface area contributed by atoms with Gasteiger partial charge in [-0.1, -0.05) is 17.7 Å². The van der Waals surface area contributed by atoms with Crippen LogP contribution >= 0.6 is 22.9 Å². The van der Waals surface area contributed by atoms with Gasteiger partial charge >= 0.3 is 0 Å². The van der Waals surface area contributed by atoms with Crippen LogP contribution in [0.1, 0.15) is 15.2 Å². The second kappa shape index (κ2) is 5.84. The first-order valence-corrected chi connectivity index (χ1v) is 6.64. The van der Waals surface area contributed by atoms with Gasteiger partial charge in [0.15, 0.2) is 0 Å². The van der Waals surface area contributed by atoms with Crippen LogP contribution in [-0.2, 0) is 6.42 Å². The number of rotatable bonds is 4. The van der Waals surface area contributed by atoms with E-state index in [1.807, 2.05) is 17.5 Å². The Morgan fingerprint density at radius 2 is 2.39 bits per heavy atom. The highest BCUT2D eigenvalue weighted by Crippen LogP contribution is 2.16. The molecule has 0 bridgehead atoms. The Balaban J connectivity index is 1.93. The lowest BCUT2D eigenvalue weighted by Crippen LogP contribution is -2.26. The second-order valence-corrected chi connectivity index (χ2v) is 5.11. The Hall–Kier alpha value is -1.59. The van der Waals surface area contributed by atoms with Crippen LogP contribution in [0.4, 0.5) is 5.82 Å². The molecule has 18 heavy (non-hydrogen) atoms. The lowest BCUT2D eigenvalue weighted by atomic mass is 10.2. The van der Waals surface area contributed by atoms with Gasteiger partial charge in [-0.25, -0.2) is 4.98 Å². The molecule has 0 saturated carbocycles. The normalized spacial score (nSPS) is 10.3. The van der Waals surface area contributed by atoms with E-state index in [0.717, 1.165) is 6.42 Å². The van der Waals surface area contributed by atoms with Crippen molar-refractivity contribution in [1.82, 2.24) is 10.3 Å². The van der Waals surface area contributed by atoms with Crippen molar-refractivity contribution in [2.45, 2.75) is 6.42 Å². The summed E-state index contributed by atoms with van der Waals surface area (Å²) in [7, 11) is 0. The summed E-state index contributed by atoms with van der Waals surface area (Å²) in [5.41, 5.74) is 5.88. The number of aromatic nitrogens is 1. The molecule has 0 aliphatic heterocycles. The van der Waals surface area contributed by atoms with E-state index < -0.39 is 0 Å². The van der Waals surface area contributed by atoms with E-state index in [1.54, 1.807) is 11.3 Å². The summed E-state index contributed by atoms with van der Waals surface area (Å²) in [5, 5.41) is 5.12. The van der Waals surface area contributed by atoms with Crippen LogP contribution < -0.4 is 11.1 Å². The highest BCUT2D eigenvalue weighted by atomic mass is 35.5.